The first-order valence-corrected chi connectivity index (χ1v) is 6.11. The molecule has 2 rings (SSSR count). The predicted molar refractivity (Wildman–Crippen MR) is 67.2 cm³/mol. The van der Waals surface area contributed by atoms with E-state index in [4.69, 9.17) is 11.6 Å². The van der Waals surface area contributed by atoms with Gasteiger partial charge in [0.05, 0.1) is 5.02 Å². The van der Waals surface area contributed by atoms with Crippen molar-refractivity contribution in [2.45, 2.75) is 25.9 Å². The van der Waals surface area contributed by atoms with Crippen LogP contribution >= 0.6 is 11.6 Å². The zero-order chi connectivity index (χ0) is 12.4. The van der Waals surface area contributed by atoms with E-state index < -0.39 is 0 Å². The number of pyridine rings is 1. The summed E-state index contributed by atoms with van der Waals surface area (Å²) in [4.78, 5) is 18.1. The van der Waals surface area contributed by atoms with E-state index in [0.29, 0.717) is 35.9 Å². The molecule has 0 saturated carbocycles. The Balaban J connectivity index is 2.11. The van der Waals surface area contributed by atoms with E-state index in [9.17, 15) is 4.79 Å². The van der Waals surface area contributed by atoms with Crippen LogP contribution < -0.4 is 5.32 Å². The van der Waals surface area contributed by atoms with Crippen molar-refractivity contribution in [3.63, 3.8) is 0 Å². The average molecular weight is 254 g/mol. The van der Waals surface area contributed by atoms with Crippen LogP contribution in [-0.2, 0) is 0 Å². The molecule has 92 valence electrons. The number of nitrogens with one attached hydrogen (secondary N) is 1. The second-order valence-electron chi connectivity index (χ2n) is 4.54. The smallest absolute Gasteiger partial charge is 0.272 e. The molecule has 1 aromatic heterocycles. The highest BCUT2D eigenvalue weighted by atomic mass is 35.5. The SMILES string of the molecule is C[C@@H]1CN(C(=O)c2ccc(Cl)cn2)C[C@@H](C)N1. The second kappa shape index (κ2) is 5.02. The van der Waals surface area contributed by atoms with E-state index >= 15 is 0 Å². The first-order chi connectivity index (χ1) is 8.06. The molecule has 1 N–H and O–H groups in total. The van der Waals surface area contributed by atoms with Gasteiger partial charge in [0.25, 0.3) is 5.91 Å². The number of amides is 1. The number of hydrogen-bond donors (Lipinski definition) is 1. The zero-order valence-corrected chi connectivity index (χ0v) is 10.7. The normalized spacial score (nSPS) is 24.8. The van der Waals surface area contributed by atoms with Gasteiger partial charge in [0, 0.05) is 31.4 Å². The number of carbonyl (C=O) groups is 1. The molecule has 2 heterocycles. The minimum atomic E-state index is -0.0260. The molecule has 0 spiro atoms. The average Bonchev–Trinajstić information content (AvgIpc) is 2.28. The van der Waals surface area contributed by atoms with Crippen LogP contribution in [0.1, 0.15) is 24.3 Å². The highest BCUT2D eigenvalue weighted by Crippen LogP contribution is 2.11. The van der Waals surface area contributed by atoms with Crippen molar-refractivity contribution in [3.05, 3.63) is 29.0 Å². The van der Waals surface area contributed by atoms with Crippen LogP contribution in [0, 0.1) is 0 Å². The van der Waals surface area contributed by atoms with E-state index in [2.05, 4.69) is 24.1 Å². The Morgan fingerprint density at radius 2 is 2.06 bits per heavy atom. The third-order valence-corrected chi connectivity index (χ3v) is 3.01. The van der Waals surface area contributed by atoms with E-state index in [0.717, 1.165) is 0 Å². The molecule has 0 aromatic carbocycles. The summed E-state index contributed by atoms with van der Waals surface area (Å²) in [5.74, 6) is -0.0260. The van der Waals surface area contributed by atoms with Crippen molar-refractivity contribution in [2.75, 3.05) is 13.1 Å². The van der Waals surface area contributed by atoms with Gasteiger partial charge in [-0.25, -0.2) is 4.98 Å². The molecule has 2 atom stereocenters. The maximum atomic E-state index is 12.2. The third kappa shape index (κ3) is 2.96. The van der Waals surface area contributed by atoms with Gasteiger partial charge in [0.1, 0.15) is 5.69 Å². The summed E-state index contributed by atoms with van der Waals surface area (Å²) < 4.78 is 0. The molecule has 4 nitrogen and oxygen atoms in total. The molecule has 1 amide bonds. The minimum Gasteiger partial charge on any atom is -0.334 e. The van der Waals surface area contributed by atoms with Gasteiger partial charge in [-0.05, 0) is 26.0 Å². The minimum absolute atomic E-state index is 0.0260. The van der Waals surface area contributed by atoms with E-state index in [1.54, 1.807) is 12.1 Å². The number of halogens is 1. The highest BCUT2D eigenvalue weighted by Gasteiger charge is 2.25. The maximum absolute atomic E-state index is 12.2. The molecule has 1 aliphatic heterocycles. The molecule has 17 heavy (non-hydrogen) atoms. The molecule has 1 aromatic rings. The van der Waals surface area contributed by atoms with Crippen molar-refractivity contribution < 1.29 is 4.79 Å². The van der Waals surface area contributed by atoms with Crippen LogP contribution in [0.3, 0.4) is 0 Å². The summed E-state index contributed by atoms with van der Waals surface area (Å²) >= 11 is 5.75. The van der Waals surface area contributed by atoms with Gasteiger partial charge in [-0.15, -0.1) is 0 Å². The maximum Gasteiger partial charge on any atom is 0.272 e. The number of nitrogens with zero attached hydrogens (tertiary/aromatic N) is 2. The van der Waals surface area contributed by atoms with E-state index in [1.807, 2.05) is 4.90 Å². The second-order valence-corrected chi connectivity index (χ2v) is 4.98. The standard InChI is InChI=1S/C12H16ClN3O/c1-8-6-16(7-9(2)15-8)12(17)11-4-3-10(13)5-14-11/h3-5,8-9,15H,6-7H2,1-2H3/t8-,9-/m1/s1. The third-order valence-electron chi connectivity index (χ3n) is 2.79. The summed E-state index contributed by atoms with van der Waals surface area (Å²) in [5, 5.41) is 3.93. The quantitative estimate of drug-likeness (QED) is 0.826. The molecule has 1 fully saturated rings. The lowest BCUT2D eigenvalue weighted by Crippen LogP contribution is -2.55. The lowest BCUT2D eigenvalue weighted by Gasteiger charge is -2.35. The van der Waals surface area contributed by atoms with Crippen molar-refractivity contribution in [2.24, 2.45) is 0 Å². The zero-order valence-electron chi connectivity index (χ0n) is 9.98. The summed E-state index contributed by atoms with van der Waals surface area (Å²) in [7, 11) is 0. The molecule has 0 aliphatic carbocycles. The van der Waals surface area contributed by atoms with E-state index in [1.165, 1.54) is 6.20 Å². The summed E-state index contributed by atoms with van der Waals surface area (Å²) in [5.41, 5.74) is 0.454. The highest BCUT2D eigenvalue weighted by molar-refractivity contribution is 6.30. The van der Waals surface area contributed by atoms with Crippen LogP contribution in [0.5, 0.6) is 0 Å². The summed E-state index contributed by atoms with van der Waals surface area (Å²) in [6.07, 6.45) is 1.50. The van der Waals surface area contributed by atoms with Gasteiger partial charge in [-0.1, -0.05) is 11.6 Å². The fraction of sp³-hybridized carbons (Fsp3) is 0.500. The number of hydrogen-bond acceptors (Lipinski definition) is 3. The van der Waals surface area contributed by atoms with Gasteiger partial charge in [-0.3, -0.25) is 4.79 Å². The Morgan fingerprint density at radius 1 is 1.41 bits per heavy atom. The fourth-order valence-corrected chi connectivity index (χ4v) is 2.27. The van der Waals surface area contributed by atoms with Gasteiger partial charge >= 0.3 is 0 Å². The van der Waals surface area contributed by atoms with Crippen molar-refractivity contribution >= 4 is 17.5 Å². The summed E-state index contributed by atoms with van der Waals surface area (Å²) in [6, 6.07) is 3.99. The molecular weight excluding hydrogens is 238 g/mol. The largest absolute Gasteiger partial charge is 0.334 e. The Kier molecular flexibility index (Phi) is 3.64. The van der Waals surface area contributed by atoms with Gasteiger partial charge in [0.2, 0.25) is 0 Å². The molecule has 0 unspecified atom stereocenters. The number of aromatic nitrogens is 1. The Morgan fingerprint density at radius 3 is 2.59 bits per heavy atom. The Bertz CT molecular complexity index is 397. The predicted octanol–water partition coefficient (Wildman–Crippen LogP) is 1.56. The molecular formula is C12H16ClN3O. The molecule has 0 radical (unpaired) electrons. The Hall–Kier alpha value is -1.13. The van der Waals surface area contributed by atoms with Crippen molar-refractivity contribution in [3.8, 4) is 0 Å². The number of piperazine rings is 1. The number of carbonyl (C=O) groups excluding carboxylic acids is 1. The van der Waals surface area contributed by atoms with Gasteiger partial charge in [0.15, 0.2) is 0 Å². The van der Waals surface area contributed by atoms with Crippen LogP contribution in [0.4, 0.5) is 0 Å². The van der Waals surface area contributed by atoms with Crippen LogP contribution in [0.2, 0.25) is 5.02 Å². The van der Waals surface area contributed by atoms with E-state index in [-0.39, 0.29) is 5.91 Å². The molecule has 0 bridgehead atoms. The Labute approximate surface area is 106 Å². The van der Waals surface area contributed by atoms with Crippen molar-refractivity contribution in [1.82, 2.24) is 15.2 Å². The molecule has 1 aliphatic rings. The number of rotatable bonds is 1. The van der Waals surface area contributed by atoms with Crippen molar-refractivity contribution in [1.29, 1.82) is 0 Å². The molecule has 5 heteroatoms. The van der Waals surface area contributed by atoms with Crippen LogP contribution in [0.25, 0.3) is 0 Å². The fourth-order valence-electron chi connectivity index (χ4n) is 2.16. The summed E-state index contributed by atoms with van der Waals surface area (Å²) in [6.45, 7) is 5.58. The lowest BCUT2D eigenvalue weighted by molar-refractivity contribution is 0.0668. The first kappa shape index (κ1) is 12.3. The van der Waals surface area contributed by atoms with Crippen LogP contribution in [0.15, 0.2) is 18.3 Å². The van der Waals surface area contributed by atoms with Gasteiger partial charge < -0.3 is 10.2 Å². The monoisotopic (exact) mass is 253 g/mol. The van der Waals surface area contributed by atoms with Gasteiger partial charge in [-0.2, -0.15) is 0 Å². The molecule has 1 saturated heterocycles. The van der Waals surface area contributed by atoms with Crippen LogP contribution in [-0.4, -0.2) is 41.0 Å². The topological polar surface area (TPSA) is 45.2 Å². The first-order valence-electron chi connectivity index (χ1n) is 5.73. The lowest BCUT2D eigenvalue weighted by atomic mass is 10.1.